The Morgan fingerprint density at radius 1 is 1.00 bits per heavy atom. The van der Waals surface area contributed by atoms with Crippen LogP contribution in [0.5, 0.6) is 11.5 Å². The van der Waals surface area contributed by atoms with E-state index in [9.17, 15) is 22.4 Å². The van der Waals surface area contributed by atoms with Gasteiger partial charge in [0.05, 0.1) is 11.4 Å². The summed E-state index contributed by atoms with van der Waals surface area (Å²) >= 11 is 1.04. The number of nitrogens with one attached hydrogen (secondary N) is 1. The summed E-state index contributed by atoms with van der Waals surface area (Å²) in [7, 11) is 0. The van der Waals surface area contributed by atoms with Gasteiger partial charge < -0.3 is 14.8 Å². The molecule has 0 spiro atoms. The first-order valence-electron chi connectivity index (χ1n) is 10.9. The van der Waals surface area contributed by atoms with Crippen molar-refractivity contribution in [2.24, 2.45) is 0 Å². The number of thioether (sulfide) groups is 1. The van der Waals surface area contributed by atoms with Gasteiger partial charge in [0.2, 0.25) is 5.91 Å². The topological polar surface area (TPSA) is 78.3 Å². The molecule has 1 unspecified atom stereocenters. The number of benzene rings is 3. The minimum atomic E-state index is -4.90. The summed E-state index contributed by atoms with van der Waals surface area (Å²) in [6.07, 6.45) is -5.49. The third kappa shape index (κ3) is 7.00. The molecule has 0 saturated carbocycles. The van der Waals surface area contributed by atoms with E-state index in [1.165, 1.54) is 42.5 Å². The Bertz CT molecular complexity index is 1350. The van der Waals surface area contributed by atoms with Gasteiger partial charge in [-0.15, -0.1) is 23.4 Å². The van der Waals surface area contributed by atoms with Crippen molar-refractivity contribution in [3.05, 3.63) is 90.5 Å². The monoisotopic (exact) mass is 532 g/mol. The van der Waals surface area contributed by atoms with Gasteiger partial charge in [0.15, 0.2) is 22.8 Å². The fourth-order valence-corrected chi connectivity index (χ4v) is 4.09. The molecule has 1 heterocycles. The van der Waals surface area contributed by atoms with E-state index in [-0.39, 0.29) is 11.4 Å². The maximum Gasteiger partial charge on any atom is 0.573 e. The van der Waals surface area contributed by atoms with Gasteiger partial charge in [-0.2, -0.15) is 0 Å². The van der Waals surface area contributed by atoms with Crippen molar-refractivity contribution < 1.29 is 31.8 Å². The van der Waals surface area contributed by atoms with Crippen LogP contribution in [0.4, 0.5) is 23.2 Å². The molecular weight excluding hydrogens is 512 g/mol. The van der Waals surface area contributed by atoms with E-state index in [4.69, 9.17) is 4.74 Å². The molecule has 1 amide bonds. The van der Waals surface area contributed by atoms with E-state index in [2.05, 4.69) is 20.3 Å². The van der Waals surface area contributed by atoms with E-state index in [0.29, 0.717) is 22.4 Å². The zero-order valence-corrected chi connectivity index (χ0v) is 20.1. The Morgan fingerprint density at radius 2 is 1.68 bits per heavy atom. The summed E-state index contributed by atoms with van der Waals surface area (Å²) < 4.78 is 62.9. The van der Waals surface area contributed by atoms with Crippen LogP contribution in [0.25, 0.3) is 5.69 Å². The Balaban J connectivity index is 1.51. The maximum absolute atomic E-state index is 13.2. The van der Waals surface area contributed by atoms with Crippen LogP contribution in [0, 0.1) is 5.82 Å². The molecule has 3 aromatic carbocycles. The Morgan fingerprint density at radius 3 is 2.38 bits per heavy atom. The number of rotatable bonds is 9. The summed E-state index contributed by atoms with van der Waals surface area (Å²) in [5.41, 5.74) is 0.598. The number of ether oxygens (including phenoxy) is 2. The first-order chi connectivity index (χ1) is 17.7. The van der Waals surface area contributed by atoms with Gasteiger partial charge in [-0.05, 0) is 55.5 Å². The normalized spacial score (nSPS) is 12.1. The van der Waals surface area contributed by atoms with Crippen molar-refractivity contribution in [1.29, 1.82) is 0 Å². The molecule has 1 aromatic heterocycles. The number of hydrogen-bond acceptors (Lipinski definition) is 6. The predicted octanol–water partition coefficient (Wildman–Crippen LogP) is 6.18. The van der Waals surface area contributed by atoms with Gasteiger partial charge >= 0.3 is 6.36 Å². The van der Waals surface area contributed by atoms with Crippen LogP contribution < -0.4 is 14.8 Å². The minimum absolute atomic E-state index is 0.114. The second kappa shape index (κ2) is 11.3. The largest absolute Gasteiger partial charge is 0.573 e. The van der Waals surface area contributed by atoms with Gasteiger partial charge in [-0.1, -0.05) is 42.1 Å². The molecule has 4 rings (SSSR count). The third-order valence-electron chi connectivity index (χ3n) is 4.88. The van der Waals surface area contributed by atoms with E-state index < -0.39 is 29.9 Å². The van der Waals surface area contributed by atoms with Crippen LogP contribution in [-0.2, 0) is 4.79 Å². The number of carbonyl (C=O) groups is 1. The van der Waals surface area contributed by atoms with Crippen LogP contribution >= 0.6 is 11.8 Å². The minimum Gasteiger partial charge on any atom is -0.483 e. The standard InChI is InChI=1S/C25H20F4N4O3S/c1-16(35-19-13-11-17(26)12-14-19)23-31-32-24(33(23)18-7-3-2-4-8-18)37-15-22(34)30-20-9-5-6-10-21(20)36-25(27,28)29/h2-14,16H,15H2,1H3,(H,30,34). The van der Waals surface area contributed by atoms with Crippen LogP contribution in [0.3, 0.4) is 0 Å². The van der Waals surface area contributed by atoms with Crippen molar-refractivity contribution in [2.45, 2.75) is 24.5 Å². The molecule has 0 saturated heterocycles. The van der Waals surface area contributed by atoms with Gasteiger partial charge in [-0.25, -0.2) is 4.39 Å². The molecule has 0 aliphatic heterocycles. The number of halogens is 4. The average molecular weight is 533 g/mol. The number of anilines is 1. The van der Waals surface area contributed by atoms with Crippen LogP contribution in [-0.4, -0.2) is 32.8 Å². The van der Waals surface area contributed by atoms with Gasteiger partial charge in [0.25, 0.3) is 0 Å². The quantitative estimate of drug-likeness (QED) is 0.205. The lowest BCUT2D eigenvalue weighted by Crippen LogP contribution is -2.20. The number of alkyl halides is 3. The zero-order chi connectivity index (χ0) is 26.4. The predicted molar refractivity (Wildman–Crippen MR) is 129 cm³/mol. The Labute approximate surface area is 213 Å². The van der Waals surface area contributed by atoms with Crippen molar-refractivity contribution in [2.75, 3.05) is 11.1 Å². The summed E-state index contributed by atoms with van der Waals surface area (Å²) in [4.78, 5) is 12.6. The number of nitrogens with zero attached hydrogens (tertiary/aromatic N) is 3. The molecular formula is C25H20F4N4O3S. The van der Waals surface area contributed by atoms with Crippen molar-refractivity contribution >= 4 is 23.4 Å². The van der Waals surface area contributed by atoms with Crippen molar-refractivity contribution in [3.63, 3.8) is 0 Å². The first-order valence-corrected chi connectivity index (χ1v) is 11.9. The van der Waals surface area contributed by atoms with E-state index in [1.54, 1.807) is 11.5 Å². The second-order valence-corrected chi connectivity index (χ2v) is 8.55. The smallest absolute Gasteiger partial charge is 0.483 e. The summed E-state index contributed by atoms with van der Waals surface area (Å²) in [6.45, 7) is 1.76. The van der Waals surface area contributed by atoms with Gasteiger partial charge in [0, 0.05) is 5.69 Å². The molecule has 7 nitrogen and oxygen atoms in total. The van der Waals surface area contributed by atoms with E-state index in [1.807, 2.05) is 30.3 Å². The SMILES string of the molecule is CC(Oc1ccc(F)cc1)c1nnc(SCC(=O)Nc2ccccc2OC(F)(F)F)n1-c1ccccc1. The molecule has 12 heteroatoms. The molecule has 0 aliphatic rings. The third-order valence-corrected chi connectivity index (χ3v) is 5.81. The Hall–Kier alpha value is -4.06. The van der Waals surface area contributed by atoms with Crippen molar-refractivity contribution in [1.82, 2.24) is 14.8 Å². The van der Waals surface area contributed by atoms with Gasteiger partial charge in [-0.3, -0.25) is 9.36 Å². The van der Waals surface area contributed by atoms with Crippen LogP contribution in [0.1, 0.15) is 18.9 Å². The fourth-order valence-electron chi connectivity index (χ4n) is 3.33. The summed E-state index contributed by atoms with van der Waals surface area (Å²) in [5, 5.41) is 11.2. The maximum atomic E-state index is 13.2. The molecule has 1 N–H and O–H groups in total. The number of hydrogen-bond donors (Lipinski definition) is 1. The van der Waals surface area contributed by atoms with E-state index in [0.717, 1.165) is 17.8 Å². The number of para-hydroxylation sites is 3. The highest BCUT2D eigenvalue weighted by Crippen LogP contribution is 2.31. The zero-order valence-electron chi connectivity index (χ0n) is 19.3. The van der Waals surface area contributed by atoms with Gasteiger partial charge in [0.1, 0.15) is 11.6 Å². The second-order valence-electron chi connectivity index (χ2n) is 7.61. The van der Waals surface area contributed by atoms with Crippen LogP contribution in [0.15, 0.2) is 84.0 Å². The molecule has 0 fully saturated rings. The van der Waals surface area contributed by atoms with E-state index >= 15 is 0 Å². The lowest BCUT2D eigenvalue weighted by molar-refractivity contribution is -0.274. The summed E-state index contributed by atoms with van der Waals surface area (Å²) in [5.74, 6) is -0.777. The molecule has 0 aliphatic carbocycles. The molecule has 0 radical (unpaired) electrons. The highest BCUT2D eigenvalue weighted by Gasteiger charge is 2.32. The number of amides is 1. The molecule has 1 atom stereocenters. The number of carbonyl (C=O) groups excluding carboxylic acids is 1. The average Bonchev–Trinajstić information content (AvgIpc) is 3.29. The molecule has 4 aromatic rings. The lowest BCUT2D eigenvalue weighted by Gasteiger charge is -2.17. The van der Waals surface area contributed by atoms with Crippen LogP contribution in [0.2, 0.25) is 0 Å². The summed E-state index contributed by atoms with van der Waals surface area (Å²) in [6, 6.07) is 19.9. The number of aromatic nitrogens is 3. The van der Waals surface area contributed by atoms with Crippen molar-refractivity contribution in [3.8, 4) is 17.2 Å². The Kier molecular flexibility index (Phi) is 7.97. The highest BCUT2D eigenvalue weighted by molar-refractivity contribution is 7.99. The fraction of sp³-hybridized carbons (Fsp3) is 0.160. The first kappa shape index (κ1) is 26.0. The molecule has 0 bridgehead atoms. The molecule has 37 heavy (non-hydrogen) atoms. The highest BCUT2D eigenvalue weighted by atomic mass is 32.2. The molecule has 192 valence electrons. The lowest BCUT2D eigenvalue weighted by atomic mass is 10.3.